The number of amides is 1. The first kappa shape index (κ1) is 18.5. The topological polar surface area (TPSA) is 85.6 Å². The van der Waals surface area contributed by atoms with Gasteiger partial charge in [-0.25, -0.2) is 8.42 Å². The Bertz CT molecular complexity index is 800. The summed E-state index contributed by atoms with van der Waals surface area (Å²) in [5.41, 5.74) is 0. The highest BCUT2D eigenvalue weighted by Gasteiger charge is 2.13. The predicted molar refractivity (Wildman–Crippen MR) is 93.8 cm³/mol. The van der Waals surface area contributed by atoms with E-state index in [1.54, 1.807) is 13.0 Å². The van der Waals surface area contributed by atoms with Crippen molar-refractivity contribution in [2.45, 2.75) is 13.5 Å². The lowest BCUT2D eigenvalue weighted by molar-refractivity contribution is 0.0924. The van der Waals surface area contributed by atoms with Gasteiger partial charge < -0.3 is 14.5 Å². The van der Waals surface area contributed by atoms with Gasteiger partial charge in [0, 0.05) is 16.8 Å². The Kier molecular flexibility index (Phi) is 6.44. The maximum absolute atomic E-state index is 11.9. The van der Waals surface area contributed by atoms with Crippen molar-refractivity contribution in [3.05, 3.63) is 52.4 Å². The van der Waals surface area contributed by atoms with Crippen molar-refractivity contribution in [1.29, 1.82) is 0 Å². The van der Waals surface area contributed by atoms with E-state index in [9.17, 15) is 13.2 Å². The number of benzene rings is 1. The molecule has 0 fully saturated rings. The first-order valence-corrected chi connectivity index (χ1v) is 9.97. The summed E-state index contributed by atoms with van der Waals surface area (Å²) in [6.45, 7) is 1.81. The SMILES string of the molecule is CCS(=O)(=O)CCNC(=O)c1ccc(COc2cccc(Br)c2)o1. The Morgan fingerprint density at radius 3 is 2.79 bits per heavy atom. The van der Waals surface area contributed by atoms with Crippen LogP contribution in [0, 0.1) is 0 Å². The van der Waals surface area contributed by atoms with E-state index in [-0.39, 0.29) is 30.4 Å². The number of halogens is 1. The molecule has 24 heavy (non-hydrogen) atoms. The molecule has 2 aromatic rings. The number of carbonyl (C=O) groups excluding carboxylic acids is 1. The van der Waals surface area contributed by atoms with E-state index in [1.807, 2.05) is 24.3 Å². The Balaban J connectivity index is 1.84. The van der Waals surface area contributed by atoms with Crippen LogP contribution < -0.4 is 10.1 Å². The third-order valence-corrected chi connectivity index (χ3v) is 5.40. The van der Waals surface area contributed by atoms with Gasteiger partial charge in [0.1, 0.15) is 18.1 Å². The Morgan fingerprint density at radius 2 is 2.08 bits per heavy atom. The van der Waals surface area contributed by atoms with Gasteiger partial charge >= 0.3 is 0 Å². The summed E-state index contributed by atoms with van der Waals surface area (Å²) in [6, 6.07) is 10.6. The van der Waals surface area contributed by atoms with E-state index in [0.717, 1.165) is 4.47 Å². The number of ether oxygens (including phenoxy) is 1. The highest BCUT2D eigenvalue weighted by Crippen LogP contribution is 2.19. The molecule has 1 aromatic heterocycles. The van der Waals surface area contributed by atoms with Crippen LogP contribution in [0.5, 0.6) is 5.75 Å². The summed E-state index contributed by atoms with van der Waals surface area (Å²) in [5, 5.41) is 2.53. The Morgan fingerprint density at radius 1 is 1.29 bits per heavy atom. The van der Waals surface area contributed by atoms with Crippen molar-refractivity contribution in [1.82, 2.24) is 5.32 Å². The average molecular weight is 416 g/mol. The zero-order chi connectivity index (χ0) is 17.6. The van der Waals surface area contributed by atoms with Gasteiger partial charge in [-0.1, -0.05) is 28.9 Å². The van der Waals surface area contributed by atoms with Gasteiger partial charge in [-0.05, 0) is 30.3 Å². The van der Waals surface area contributed by atoms with Crippen LogP contribution in [0.1, 0.15) is 23.2 Å². The van der Waals surface area contributed by atoms with Crippen molar-refractivity contribution in [2.75, 3.05) is 18.1 Å². The number of sulfone groups is 1. The molecule has 0 saturated heterocycles. The minimum absolute atomic E-state index is 0.0551. The highest BCUT2D eigenvalue weighted by molar-refractivity contribution is 9.10. The molecule has 0 spiro atoms. The lowest BCUT2D eigenvalue weighted by Gasteiger charge is -2.05. The van der Waals surface area contributed by atoms with Gasteiger partial charge in [0.25, 0.3) is 5.91 Å². The van der Waals surface area contributed by atoms with Crippen molar-refractivity contribution in [3.8, 4) is 5.75 Å². The molecule has 6 nitrogen and oxygen atoms in total. The molecule has 8 heteroatoms. The fourth-order valence-electron chi connectivity index (χ4n) is 1.84. The first-order chi connectivity index (χ1) is 11.4. The minimum Gasteiger partial charge on any atom is -0.486 e. The molecule has 130 valence electrons. The molecule has 0 aliphatic carbocycles. The van der Waals surface area contributed by atoms with E-state index in [0.29, 0.717) is 11.5 Å². The van der Waals surface area contributed by atoms with Crippen molar-refractivity contribution in [3.63, 3.8) is 0 Å². The number of rotatable bonds is 8. The van der Waals surface area contributed by atoms with Crippen molar-refractivity contribution < 1.29 is 22.4 Å². The van der Waals surface area contributed by atoms with Gasteiger partial charge in [-0.15, -0.1) is 0 Å². The summed E-state index contributed by atoms with van der Waals surface area (Å²) in [6.07, 6.45) is 0. The second-order valence-corrected chi connectivity index (χ2v) is 8.39. The monoisotopic (exact) mass is 415 g/mol. The maximum atomic E-state index is 11.9. The van der Waals surface area contributed by atoms with Crippen LogP contribution in [0.3, 0.4) is 0 Å². The summed E-state index contributed by atoms with van der Waals surface area (Å²) in [5.74, 6) is 0.819. The van der Waals surface area contributed by atoms with Crippen LogP contribution in [0.15, 0.2) is 45.3 Å². The molecule has 0 bridgehead atoms. The van der Waals surface area contributed by atoms with Gasteiger partial charge in [0.05, 0.1) is 5.75 Å². The fraction of sp³-hybridized carbons (Fsp3) is 0.312. The molecule has 0 aliphatic rings. The molecule has 1 heterocycles. The van der Waals surface area contributed by atoms with Gasteiger partial charge in [-0.3, -0.25) is 4.79 Å². The highest BCUT2D eigenvalue weighted by atomic mass is 79.9. The number of hydrogen-bond acceptors (Lipinski definition) is 5. The van der Waals surface area contributed by atoms with E-state index >= 15 is 0 Å². The molecule has 1 amide bonds. The number of furan rings is 1. The summed E-state index contributed by atoms with van der Waals surface area (Å²) >= 11 is 3.36. The maximum Gasteiger partial charge on any atom is 0.287 e. The quantitative estimate of drug-likeness (QED) is 0.716. The van der Waals surface area contributed by atoms with Crippen molar-refractivity contribution >= 4 is 31.7 Å². The molecule has 1 N–H and O–H groups in total. The molecular formula is C16H18BrNO5S. The zero-order valence-electron chi connectivity index (χ0n) is 13.1. The average Bonchev–Trinajstić information content (AvgIpc) is 3.02. The molecule has 0 saturated carbocycles. The molecule has 0 atom stereocenters. The van der Waals surface area contributed by atoms with Crippen LogP contribution in [0.4, 0.5) is 0 Å². The summed E-state index contributed by atoms with van der Waals surface area (Å²) in [7, 11) is -3.10. The van der Waals surface area contributed by atoms with E-state index in [2.05, 4.69) is 21.2 Å². The standard InChI is InChI=1S/C16H18BrNO5S/c1-2-24(20,21)9-8-18-16(19)15-7-6-14(23-15)11-22-13-5-3-4-12(17)10-13/h3-7,10H,2,8-9,11H2,1H3,(H,18,19). The third kappa shape index (κ3) is 5.68. The van der Waals surface area contributed by atoms with Crippen LogP contribution in [0.2, 0.25) is 0 Å². The van der Waals surface area contributed by atoms with Gasteiger partial charge in [0.15, 0.2) is 15.6 Å². The second-order valence-electron chi connectivity index (χ2n) is 5.00. The lowest BCUT2D eigenvalue weighted by atomic mass is 10.3. The number of hydrogen-bond donors (Lipinski definition) is 1. The Labute approximate surface area is 149 Å². The van der Waals surface area contributed by atoms with Gasteiger partial charge in [0.2, 0.25) is 0 Å². The molecule has 0 unspecified atom stereocenters. The molecule has 2 rings (SSSR count). The predicted octanol–water partition coefficient (Wildman–Crippen LogP) is 2.79. The van der Waals surface area contributed by atoms with Crippen LogP contribution >= 0.6 is 15.9 Å². The normalized spacial score (nSPS) is 11.2. The molecule has 1 aromatic carbocycles. The largest absolute Gasteiger partial charge is 0.486 e. The Hall–Kier alpha value is -1.80. The van der Waals surface area contributed by atoms with Crippen LogP contribution in [0.25, 0.3) is 0 Å². The second kappa shape index (κ2) is 8.34. The van der Waals surface area contributed by atoms with E-state index in [1.165, 1.54) is 6.07 Å². The van der Waals surface area contributed by atoms with Crippen molar-refractivity contribution in [2.24, 2.45) is 0 Å². The molecule has 0 radical (unpaired) electrons. The number of carbonyl (C=O) groups is 1. The fourth-order valence-corrected chi connectivity index (χ4v) is 2.92. The smallest absolute Gasteiger partial charge is 0.287 e. The lowest BCUT2D eigenvalue weighted by Crippen LogP contribution is -2.29. The molecular weight excluding hydrogens is 398 g/mol. The van der Waals surface area contributed by atoms with Crippen LogP contribution in [-0.4, -0.2) is 32.4 Å². The molecule has 0 aliphatic heterocycles. The first-order valence-electron chi connectivity index (χ1n) is 7.35. The summed E-state index contributed by atoms with van der Waals surface area (Å²) < 4.78 is 34.6. The van der Waals surface area contributed by atoms with Gasteiger partial charge in [-0.2, -0.15) is 0 Å². The van der Waals surface area contributed by atoms with Crippen LogP contribution in [-0.2, 0) is 16.4 Å². The number of nitrogens with one attached hydrogen (secondary N) is 1. The summed E-state index contributed by atoms with van der Waals surface area (Å²) in [4.78, 5) is 11.9. The minimum atomic E-state index is -3.10. The third-order valence-electron chi connectivity index (χ3n) is 3.20. The zero-order valence-corrected chi connectivity index (χ0v) is 15.5. The van der Waals surface area contributed by atoms with E-state index in [4.69, 9.17) is 9.15 Å². The van der Waals surface area contributed by atoms with E-state index < -0.39 is 15.7 Å².